The summed E-state index contributed by atoms with van der Waals surface area (Å²) in [6.07, 6.45) is -13.9. The van der Waals surface area contributed by atoms with Gasteiger partial charge in [0.15, 0.2) is 23.0 Å². The first-order valence-electron chi connectivity index (χ1n) is 14.5. The van der Waals surface area contributed by atoms with Crippen molar-refractivity contribution in [2.24, 2.45) is 0 Å². The van der Waals surface area contributed by atoms with Gasteiger partial charge < -0.3 is 78.7 Å². The lowest BCUT2D eigenvalue weighted by Crippen LogP contribution is -2.60. The SMILES string of the molecule is COc1cc(CCc2cc(OC)c(OC3O[C@H](CO)[C@@H](O)[C@H](O)[C@H]3O)c(OC)c2)cc(OC)c1OC1O[C@H](CO)[C@@H](O)[C@H](O)[C@H]1O. The Labute approximate surface area is 264 Å². The average Bonchev–Trinajstić information content (AvgIpc) is 3.07. The van der Waals surface area contributed by atoms with Gasteiger partial charge in [-0.15, -0.1) is 0 Å². The van der Waals surface area contributed by atoms with Crippen molar-refractivity contribution in [3.8, 4) is 34.5 Å². The number of aliphatic hydroxyl groups excluding tert-OH is 8. The summed E-state index contributed by atoms with van der Waals surface area (Å²) in [5.74, 6) is 1.04. The van der Waals surface area contributed by atoms with E-state index in [1.54, 1.807) is 24.3 Å². The fraction of sp³-hybridized carbons (Fsp3) is 0.600. The Hall–Kier alpha value is -3.16. The van der Waals surface area contributed by atoms with Gasteiger partial charge in [-0.3, -0.25) is 0 Å². The van der Waals surface area contributed by atoms with Crippen molar-refractivity contribution < 1.29 is 78.7 Å². The van der Waals surface area contributed by atoms with E-state index in [2.05, 4.69) is 0 Å². The van der Waals surface area contributed by atoms with Crippen LogP contribution >= 0.6 is 0 Å². The second kappa shape index (κ2) is 15.6. The monoisotopic (exact) mass is 658 g/mol. The van der Waals surface area contributed by atoms with E-state index in [4.69, 9.17) is 37.9 Å². The van der Waals surface area contributed by atoms with Crippen molar-refractivity contribution in [3.63, 3.8) is 0 Å². The number of rotatable bonds is 13. The Kier molecular flexibility index (Phi) is 12.1. The number of ether oxygens (including phenoxy) is 8. The zero-order valence-electron chi connectivity index (χ0n) is 25.8. The molecule has 0 aliphatic carbocycles. The number of aryl methyl sites for hydroxylation is 2. The molecule has 2 saturated heterocycles. The second-order valence-electron chi connectivity index (χ2n) is 10.8. The average molecular weight is 659 g/mol. The maximum atomic E-state index is 10.4. The first-order chi connectivity index (χ1) is 22.0. The number of hydrogen-bond donors (Lipinski definition) is 8. The molecule has 2 fully saturated rings. The summed E-state index contributed by atoms with van der Waals surface area (Å²) >= 11 is 0. The Morgan fingerprint density at radius 2 is 0.804 bits per heavy atom. The van der Waals surface area contributed by atoms with E-state index in [-0.39, 0.29) is 34.5 Å². The van der Waals surface area contributed by atoms with Crippen molar-refractivity contribution in [1.29, 1.82) is 0 Å². The van der Waals surface area contributed by atoms with E-state index in [9.17, 15) is 40.9 Å². The van der Waals surface area contributed by atoms with E-state index in [1.807, 2.05) is 0 Å². The Morgan fingerprint density at radius 3 is 1.07 bits per heavy atom. The fourth-order valence-electron chi connectivity index (χ4n) is 5.24. The molecule has 0 radical (unpaired) electrons. The highest BCUT2D eigenvalue weighted by atomic mass is 16.7. The zero-order chi connectivity index (χ0) is 33.7. The normalized spacial score (nSPS) is 31.2. The molecule has 4 rings (SSSR count). The molecule has 2 aromatic rings. The lowest BCUT2D eigenvalue weighted by molar-refractivity contribution is -0.277. The largest absolute Gasteiger partial charge is 0.493 e. The highest BCUT2D eigenvalue weighted by molar-refractivity contribution is 5.56. The summed E-state index contributed by atoms with van der Waals surface area (Å²) in [6, 6.07) is 6.75. The molecule has 8 N–H and O–H groups in total. The van der Waals surface area contributed by atoms with Crippen LogP contribution in [-0.4, -0.2) is 144 Å². The molecule has 16 nitrogen and oxygen atoms in total. The second-order valence-corrected chi connectivity index (χ2v) is 10.8. The van der Waals surface area contributed by atoms with E-state index >= 15 is 0 Å². The summed E-state index contributed by atoms with van der Waals surface area (Å²) in [6.45, 7) is -1.23. The molecule has 258 valence electrons. The first-order valence-corrected chi connectivity index (χ1v) is 14.5. The van der Waals surface area contributed by atoms with Gasteiger partial charge in [0.1, 0.15) is 48.8 Å². The Bertz CT molecular complexity index is 1140. The Balaban J connectivity index is 1.53. The quantitative estimate of drug-likeness (QED) is 0.115. The lowest BCUT2D eigenvalue weighted by atomic mass is 9.99. The topological polar surface area (TPSA) is 236 Å². The standard InChI is InChI=1S/C30H42O16/c1-39-15-7-13(8-16(40-2)27(15)45-29-25(37)23(35)21(33)19(11-31)43-29)5-6-14-9-17(41-3)28(18(10-14)42-4)46-30-26(38)24(36)22(34)20(12-32)44-30/h7-10,19-26,29-38H,5-6,11-12H2,1-4H3/t19-,20-,21-,22-,23+,24+,25-,26-,29?,30?/m1/s1. The minimum Gasteiger partial charge on any atom is -0.493 e. The smallest absolute Gasteiger partial charge is 0.229 e. The van der Waals surface area contributed by atoms with Gasteiger partial charge in [-0.2, -0.15) is 0 Å². The summed E-state index contributed by atoms with van der Waals surface area (Å²) in [5, 5.41) is 80.3. The molecule has 0 aromatic heterocycles. The molecule has 2 aliphatic heterocycles. The molecule has 0 bridgehead atoms. The van der Waals surface area contributed by atoms with Crippen LogP contribution in [0.25, 0.3) is 0 Å². The molecule has 2 aliphatic rings. The summed E-state index contributed by atoms with van der Waals surface area (Å²) in [5.41, 5.74) is 1.52. The van der Waals surface area contributed by atoms with Crippen LogP contribution in [0.3, 0.4) is 0 Å². The molecule has 0 amide bonds. The number of benzene rings is 2. The van der Waals surface area contributed by atoms with E-state index in [0.29, 0.717) is 12.8 Å². The van der Waals surface area contributed by atoms with Gasteiger partial charge in [-0.1, -0.05) is 0 Å². The fourth-order valence-corrected chi connectivity index (χ4v) is 5.24. The van der Waals surface area contributed by atoms with Crippen LogP contribution < -0.4 is 28.4 Å². The summed E-state index contributed by atoms with van der Waals surface area (Å²) in [7, 11) is 5.62. The van der Waals surface area contributed by atoms with Crippen molar-refractivity contribution in [2.45, 2.75) is 74.3 Å². The van der Waals surface area contributed by atoms with Crippen molar-refractivity contribution in [3.05, 3.63) is 35.4 Å². The lowest BCUT2D eigenvalue weighted by Gasteiger charge is -2.39. The first kappa shape index (κ1) is 35.7. The van der Waals surface area contributed by atoms with Crippen molar-refractivity contribution in [1.82, 2.24) is 0 Å². The van der Waals surface area contributed by atoms with Crippen LogP contribution in [0.4, 0.5) is 0 Å². The third kappa shape index (κ3) is 7.36. The van der Waals surface area contributed by atoms with Crippen LogP contribution in [0.1, 0.15) is 11.1 Å². The van der Waals surface area contributed by atoms with E-state index in [1.165, 1.54) is 28.4 Å². The maximum Gasteiger partial charge on any atom is 0.229 e. The summed E-state index contributed by atoms with van der Waals surface area (Å²) in [4.78, 5) is 0. The minimum absolute atomic E-state index is 0.0658. The van der Waals surface area contributed by atoms with E-state index < -0.39 is 74.6 Å². The van der Waals surface area contributed by atoms with Gasteiger partial charge in [-0.25, -0.2) is 0 Å². The van der Waals surface area contributed by atoms with Crippen LogP contribution in [-0.2, 0) is 22.3 Å². The molecular weight excluding hydrogens is 616 g/mol. The molecule has 16 heteroatoms. The van der Waals surface area contributed by atoms with Crippen LogP contribution in [0.15, 0.2) is 24.3 Å². The molecule has 0 saturated carbocycles. The number of hydrogen-bond acceptors (Lipinski definition) is 16. The highest BCUT2D eigenvalue weighted by Gasteiger charge is 2.46. The molecule has 2 aromatic carbocycles. The van der Waals surface area contributed by atoms with Crippen molar-refractivity contribution in [2.75, 3.05) is 41.7 Å². The molecule has 2 heterocycles. The predicted octanol–water partition coefficient (Wildman–Crippen LogP) is -2.14. The van der Waals surface area contributed by atoms with Crippen LogP contribution in [0, 0.1) is 0 Å². The molecule has 46 heavy (non-hydrogen) atoms. The molecule has 0 spiro atoms. The zero-order valence-corrected chi connectivity index (χ0v) is 25.8. The Morgan fingerprint density at radius 1 is 0.500 bits per heavy atom. The van der Waals surface area contributed by atoms with Crippen LogP contribution in [0.2, 0.25) is 0 Å². The van der Waals surface area contributed by atoms with Gasteiger partial charge in [0.2, 0.25) is 24.1 Å². The van der Waals surface area contributed by atoms with E-state index in [0.717, 1.165) is 11.1 Å². The van der Waals surface area contributed by atoms with Gasteiger partial charge in [0.05, 0.1) is 41.7 Å². The summed E-state index contributed by atoms with van der Waals surface area (Å²) < 4.78 is 44.6. The van der Waals surface area contributed by atoms with Crippen molar-refractivity contribution >= 4 is 0 Å². The van der Waals surface area contributed by atoms with Gasteiger partial charge in [0.25, 0.3) is 0 Å². The number of aliphatic hydroxyl groups is 8. The maximum absolute atomic E-state index is 10.4. The molecular formula is C30H42O16. The number of methoxy groups -OCH3 is 4. The van der Waals surface area contributed by atoms with Gasteiger partial charge in [-0.05, 0) is 48.2 Å². The third-order valence-corrected chi connectivity index (χ3v) is 7.91. The van der Waals surface area contributed by atoms with Gasteiger partial charge >= 0.3 is 0 Å². The molecule has 10 atom stereocenters. The van der Waals surface area contributed by atoms with Gasteiger partial charge in [0, 0.05) is 0 Å². The molecule has 2 unspecified atom stereocenters. The predicted molar refractivity (Wildman–Crippen MR) is 155 cm³/mol. The highest BCUT2D eigenvalue weighted by Crippen LogP contribution is 2.43. The minimum atomic E-state index is -1.63. The van der Waals surface area contributed by atoms with Crippen LogP contribution in [0.5, 0.6) is 34.5 Å². The third-order valence-electron chi connectivity index (χ3n) is 7.91.